The van der Waals surface area contributed by atoms with Gasteiger partial charge in [-0.05, 0) is 19.8 Å². The third kappa shape index (κ3) is 3.50. The topological polar surface area (TPSA) is 46.2 Å². The summed E-state index contributed by atoms with van der Waals surface area (Å²) in [5.41, 5.74) is 0. The molecular formula is C12H21NO2S. The van der Waals surface area contributed by atoms with E-state index >= 15 is 0 Å². The maximum atomic E-state index is 12.2. The quantitative estimate of drug-likeness (QED) is 0.585. The van der Waals surface area contributed by atoms with Crippen LogP contribution in [0, 0.1) is 12.3 Å². The van der Waals surface area contributed by atoms with Gasteiger partial charge in [0.1, 0.15) is 0 Å². The van der Waals surface area contributed by atoms with E-state index in [1.165, 1.54) is 6.42 Å². The lowest BCUT2D eigenvalue weighted by atomic mass is 10.0. The molecule has 1 atom stereocenters. The number of terminal acetylenes is 1. The fourth-order valence-corrected chi connectivity index (χ4v) is 4.18. The highest BCUT2D eigenvalue weighted by molar-refractivity contribution is 7.92. The summed E-state index contributed by atoms with van der Waals surface area (Å²) < 4.78 is 24.4. The molecule has 0 saturated heterocycles. The van der Waals surface area contributed by atoms with Crippen molar-refractivity contribution in [2.75, 3.05) is 13.1 Å². The summed E-state index contributed by atoms with van der Waals surface area (Å²) in [5.74, 6) is 2.45. The van der Waals surface area contributed by atoms with Crippen molar-refractivity contribution in [2.45, 2.75) is 49.5 Å². The van der Waals surface area contributed by atoms with E-state index < -0.39 is 9.84 Å². The van der Waals surface area contributed by atoms with Crippen molar-refractivity contribution in [3.8, 4) is 12.3 Å². The van der Waals surface area contributed by atoms with Crippen LogP contribution in [0.4, 0.5) is 0 Å². The Labute approximate surface area is 98.9 Å². The highest BCUT2D eigenvalue weighted by Crippen LogP contribution is 2.26. The second-order valence-corrected chi connectivity index (χ2v) is 7.14. The molecule has 4 heteroatoms. The first-order valence-electron chi connectivity index (χ1n) is 5.96. The van der Waals surface area contributed by atoms with Gasteiger partial charge in [0, 0.05) is 6.54 Å². The zero-order chi connectivity index (χ0) is 12.0. The Bertz CT molecular complexity index is 337. The summed E-state index contributed by atoms with van der Waals surface area (Å²) in [6, 6.07) is 0. The Hall–Kier alpha value is -0.530. The maximum absolute atomic E-state index is 12.2. The highest BCUT2D eigenvalue weighted by atomic mass is 32.2. The largest absolute Gasteiger partial charge is 0.305 e. The van der Waals surface area contributed by atoms with Gasteiger partial charge in [-0.15, -0.1) is 6.42 Å². The van der Waals surface area contributed by atoms with Gasteiger partial charge >= 0.3 is 0 Å². The van der Waals surface area contributed by atoms with Crippen LogP contribution in [-0.2, 0) is 9.84 Å². The number of hydrogen-bond donors (Lipinski definition) is 1. The normalized spacial score (nSPS) is 20.2. The van der Waals surface area contributed by atoms with Crippen LogP contribution < -0.4 is 5.32 Å². The monoisotopic (exact) mass is 243 g/mol. The van der Waals surface area contributed by atoms with E-state index in [0.29, 0.717) is 13.1 Å². The molecule has 3 nitrogen and oxygen atoms in total. The smallest absolute Gasteiger partial charge is 0.156 e. The zero-order valence-electron chi connectivity index (χ0n) is 9.91. The average molecular weight is 243 g/mol. The van der Waals surface area contributed by atoms with Crippen molar-refractivity contribution in [2.24, 2.45) is 0 Å². The second kappa shape index (κ2) is 6.27. The van der Waals surface area contributed by atoms with Crippen molar-refractivity contribution in [1.29, 1.82) is 0 Å². The van der Waals surface area contributed by atoms with Crippen LogP contribution in [0.3, 0.4) is 0 Å². The van der Waals surface area contributed by atoms with Gasteiger partial charge < -0.3 is 5.32 Å². The van der Waals surface area contributed by atoms with E-state index in [1.54, 1.807) is 6.92 Å². The molecule has 0 aromatic rings. The molecule has 1 unspecified atom stereocenters. The van der Waals surface area contributed by atoms with Crippen LogP contribution in [0.5, 0.6) is 0 Å². The Morgan fingerprint density at radius 1 is 1.38 bits per heavy atom. The van der Waals surface area contributed by atoms with Gasteiger partial charge in [-0.3, -0.25) is 0 Å². The van der Waals surface area contributed by atoms with Gasteiger partial charge in [0.15, 0.2) is 9.84 Å². The molecule has 0 spiro atoms. The van der Waals surface area contributed by atoms with Gasteiger partial charge in [-0.25, -0.2) is 8.42 Å². The van der Waals surface area contributed by atoms with Crippen molar-refractivity contribution in [3.63, 3.8) is 0 Å². The Morgan fingerprint density at radius 3 is 2.56 bits per heavy atom. The third-order valence-electron chi connectivity index (χ3n) is 3.24. The molecule has 0 amide bonds. The molecule has 1 N–H and O–H groups in total. The molecule has 0 heterocycles. The second-order valence-electron chi connectivity index (χ2n) is 4.49. The van der Waals surface area contributed by atoms with E-state index in [0.717, 1.165) is 25.7 Å². The van der Waals surface area contributed by atoms with E-state index in [2.05, 4.69) is 11.2 Å². The SMILES string of the molecule is C#CCNCC(C)S(=O)(=O)C1CCCCC1. The lowest BCUT2D eigenvalue weighted by molar-refractivity contribution is 0.477. The molecular weight excluding hydrogens is 222 g/mol. The molecule has 1 fully saturated rings. The third-order valence-corrected chi connectivity index (χ3v) is 5.93. The molecule has 0 radical (unpaired) electrons. The van der Waals surface area contributed by atoms with Crippen LogP contribution in [-0.4, -0.2) is 32.0 Å². The lowest BCUT2D eigenvalue weighted by Gasteiger charge is -2.25. The molecule has 1 aliphatic carbocycles. The summed E-state index contributed by atoms with van der Waals surface area (Å²) in [6.45, 7) is 2.67. The molecule has 0 bridgehead atoms. The first-order valence-corrected chi connectivity index (χ1v) is 7.57. The Morgan fingerprint density at radius 2 is 2.00 bits per heavy atom. The zero-order valence-corrected chi connectivity index (χ0v) is 10.7. The van der Waals surface area contributed by atoms with E-state index in [-0.39, 0.29) is 10.5 Å². The first-order chi connectivity index (χ1) is 7.59. The van der Waals surface area contributed by atoms with E-state index in [4.69, 9.17) is 6.42 Å². The standard InChI is InChI=1S/C12H21NO2S/c1-3-9-13-10-11(2)16(14,15)12-7-5-4-6-8-12/h1,11-13H,4-10H2,2H3. The predicted octanol–water partition coefficient (Wildman–Crippen LogP) is 1.35. The first kappa shape index (κ1) is 13.5. The van der Waals surface area contributed by atoms with Crippen LogP contribution >= 0.6 is 0 Å². The number of sulfone groups is 1. The molecule has 1 saturated carbocycles. The summed E-state index contributed by atoms with van der Waals surface area (Å²) in [5, 5.41) is 2.51. The highest BCUT2D eigenvalue weighted by Gasteiger charge is 2.31. The van der Waals surface area contributed by atoms with Gasteiger partial charge in [0.25, 0.3) is 0 Å². The fraction of sp³-hybridized carbons (Fsp3) is 0.833. The van der Waals surface area contributed by atoms with Gasteiger partial charge in [0.2, 0.25) is 0 Å². The van der Waals surface area contributed by atoms with E-state index in [9.17, 15) is 8.42 Å². The minimum absolute atomic E-state index is 0.121. The molecule has 16 heavy (non-hydrogen) atoms. The van der Waals surface area contributed by atoms with Crippen molar-refractivity contribution < 1.29 is 8.42 Å². The molecule has 0 aliphatic heterocycles. The van der Waals surface area contributed by atoms with Crippen molar-refractivity contribution in [1.82, 2.24) is 5.32 Å². The van der Waals surface area contributed by atoms with Crippen LogP contribution in [0.2, 0.25) is 0 Å². The van der Waals surface area contributed by atoms with Crippen molar-refractivity contribution in [3.05, 3.63) is 0 Å². The molecule has 0 aromatic heterocycles. The van der Waals surface area contributed by atoms with Crippen LogP contribution in [0.1, 0.15) is 39.0 Å². The molecule has 1 aliphatic rings. The summed E-state index contributed by atoms with van der Waals surface area (Å²) >= 11 is 0. The minimum Gasteiger partial charge on any atom is -0.305 e. The van der Waals surface area contributed by atoms with Crippen LogP contribution in [0.25, 0.3) is 0 Å². The van der Waals surface area contributed by atoms with Gasteiger partial charge in [-0.1, -0.05) is 25.2 Å². The fourth-order valence-electron chi connectivity index (χ4n) is 2.19. The molecule has 0 aromatic carbocycles. The van der Waals surface area contributed by atoms with Gasteiger partial charge in [0.05, 0.1) is 17.0 Å². The van der Waals surface area contributed by atoms with Crippen LogP contribution in [0.15, 0.2) is 0 Å². The summed E-state index contributed by atoms with van der Waals surface area (Å²) in [4.78, 5) is 0. The average Bonchev–Trinajstić information content (AvgIpc) is 2.30. The predicted molar refractivity (Wildman–Crippen MR) is 67.0 cm³/mol. The minimum atomic E-state index is -2.97. The molecule has 92 valence electrons. The maximum Gasteiger partial charge on any atom is 0.156 e. The Balaban J connectivity index is 2.51. The summed E-state index contributed by atoms with van der Waals surface area (Å²) in [6.07, 6.45) is 10.1. The Kier molecular flexibility index (Phi) is 5.30. The van der Waals surface area contributed by atoms with Crippen molar-refractivity contribution >= 4 is 9.84 Å². The summed E-state index contributed by atoms with van der Waals surface area (Å²) in [7, 11) is -2.97. The lowest BCUT2D eigenvalue weighted by Crippen LogP contribution is -2.38. The van der Waals surface area contributed by atoms with Gasteiger partial charge in [-0.2, -0.15) is 0 Å². The molecule has 1 rings (SSSR count). The van der Waals surface area contributed by atoms with E-state index in [1.807, 2.05) is 0 Å². The number of hydrogen-bond acceptors (Lipinski definition) is 3. The number of nitrogens with one attached hydrogen (secondary N) is 1. The number of rotatable bonds is 5.